The van der Waals surface area contributed by atoms with E-state index in [2.05, 4.69) is 16.8 Å². The van der Waals surface area contributed by atoms with Crippen molar-refractivity contribution >= 4 is 23.4 Å². The molecule has 8 heteroatoms. The van der Waals surface area contributed by atoms with Gasteiger partial charge in [0.25, 0.3) is 0 Å². The van der Waals surface area contributed by atoms with E-state index in [4.69, 9.17) is 5.11 Å². The highest BCUT2D eigenvalue weighted by atomic mass is 32.2. The Kier molecular flexibility index (Phi) is 7.35. The van der Waals surface area contributed by atoms with E-state index >= 15 is 0 Å². The smallest absolute Gasteiger partial charge is 0.412 e. The van der Waals surface area contributed by atoms with Crippen LogP contribution in [0.5, 0.6) is 0 Å². The maximum atomic E-state index is 13.0. The van der Waals surface area contributed by atoms with Crippen molar-refractivity contribution < 1.29 is 23.1 Å². The van der Waals surface area contributed by atoms with Crippen LogP contribution in [0.1, 0.15) is 31.7 Å². The van der Waals surface area contributed by atoms with Gasteiger partial charge in [-0.1, -0.05) is 25.0 Å². The molecule has 0 aliphatic carbocycles. The van der Waals surface area contributed by atoms with Gasteiger partial charge in [-0.25, -0.2) is 4.98 Å². The quantitative estimate of drug-likeness (QED) is 0.549. The predicted octanol–water partition coefficient (Wildman–Crippen LogP) is 4.85. The van der Waals surface area contributed by atoms with Gasteiger partial charge in [0.2, 0.25) is 0 Å². The van der Waals surface area contributed by atoms with E-state index in [1.165, 1.54) is 24.8 Å². The molecule has 2 rings (SSSR count). The van der Waals surface area contributed by atoms with E-state index in [9.17, 15) is 18.0 Å². The van der Waals surface area contributed by atoms with Crippen LogP contribution in [0.15, 0.2) is 47.7 Å². The summed E-state index contributed by atoms with van der Waals surface area (Å²) in [5, 5.41) is 8.80. The lowest BCUT2D eigenvalue weighted by Crippen LogP contribution is -2.11. The predicted molar refractivity (Wildman–Crippen MR) is 104 cm³/mol. The normalized spacial score (nSPS) is 12.8. The Morgan fingerprint density at radius 3 is 2.75 bits per heavy atom. The first-order chi connectivity index (χ1) is 13.3. The number of allylic oxidation sites excluding steroid dienone is 4. The average molecular weight is 408 g/mol. The number of alkyl halides is 3. The largest absolute Gasteiger partial charge is 0.481 e. The molecule has 0 fully saturated rings. The molecule has 2 aromatic heterocycles. The van der Waals surface area contributed by atoms with Crippen LogP contribution < -0.4 is 0 Å². The first-order valence-electron chi connectivity index (χ1n) is 8.47. The van der Waals surface area contributed by atoms with Crippen molar-refractivity contribution in [1.29, 1.82) is 0 Å². The minimum absolute atomic E-state index is 0.0744. The third-order valence-electron chi connectivity index (χ3n) is 3.78. The molecule has 0 unspecified atom stereocenters. The van der Waals surface area contributed by atoms with Crippen molar-refractivity contribution in [3.05, 3.63) is 59.1 Å². The molecule has 0 aromatic carbocycles. The summed E-state index contributed by atoms with van der Waals surface area (Å²) in [5.41, 5.74) is 1.37. The number of halogens is 3. The van der Waals surface area contributed by atoms with E-state index < -0.39 is 17.7 Å². The topological polar surface area (TPSA) is 54.6 Å². The molecule has 148 valence electrons. The molecule has 0 radical (unpaired) electrons. The lowest BCUT2D eigenvalue weighted by Gasteiger charge is -2.08. The zero-order valence-corrected chi connectivity index (χ0v) is 16.2. The SMILES string of the molecule is C/C=C(C#Cc1c(CSCC(=O)O)nc2ccccn12)\C=C(/CC)C(F)(F)F. The number of nitrogens with zero attached hydrogens (tertiary/aromatic N) is 2. The molecule has 0 aliphatic heterocycles. The summed E-state index contributed by atoms with van der Waals surface area (Å²) in [6.07, 6.45) is -0.205. The number of carboxylic acids is 1. The number of pyridine rings is 1. The number of fused-ring (bicyclic) bond motifs is 1. The molecule has 2 heterocycles. The van der Waals surface area contributed by atoms with Gasteiger partial charge >= 0.3 is 12.1 Å². The molecule has 0 saturated carbocycles. The molecule has 0 aliphatic rings. The minimum atomic E-state index is -4.40. The fourth-order valence-corrected chi connectivity index (χ4v) is 3.08. The van der Waals surface area contributed by atoms with Crippen LogP contribution in [0.4, 0.5) is 13.2 Å². The van der Waals surface area contributed by atoms with Crippen LogP contribution in [0, 0.1) is 11.8 Å². The van der Waals surface area contributed by atoms with E-state index in [1.807, 2.05) is 6.07 Å². The molecular weight excluding hydrogens is 389 g/mol. The fourth-order valence-electron chi connectivity index (χ4n) is 2.41. The summed E-state index contributed by atoms with van der Waals surface area (Å²) in [6.45, 7) is 3.07. The first kappa shape index (κ1) is 21.6. The van der Waals surface area contributed by atoms with Gasteiger partial charge in [0.15, 0.2) is 0 Å². The van der Waals surface area contributed by atoms with Gasteiger partial charge in [-0.2, -0.15) is 13.2 Å². The summed E-state index contributed by atoms with van der Waals surface area (Å²) in [7, 11) is 0. The summed E-state index contributed by atoms with van der Waals surface area (Å²) < 4.78 is 40.7. The van der Waals surface area contributed by atoms with Crippen molar-refractivity contribution in [3.63, 3.8) is 0 Å². The second kappa shape index (κ2) is 9.51. The van der Waals surface area contributed by atoms with Gasteiger partial charge < -0.3 is 5.11 Å². The Morgan fingerprint density at radius 1 is 1.39 bits per heavy atom. The lowest BCUT2D eigenvalue weighted by molar-refractivity contribution is -0.133. The van der Waals surface area contributed by atoms with Crippen LogP contribution in [0.2, 0.25) is 0 Å². The van der Waals surface area contributed by atoms with Gasteiger partial charge in [-0.3, -0.25) is 9.20 Å². The molecular formula is C20H19F3N2O2S. The molecule has 4 nitrogen and oxygen atoms in total. The number of thioether (sulfide) groups is 1. The zero-order valence-electron chi connectivity index (χ0n) is 15.4. The number of rotatable bonds is 6. The Labute approximate surface area is 165 Å². The van der Waals surface area contributed by atoms with Crippen LogP contribution in [0.3, 0.4) is 0 Å². The number of imidazole rings is 1. The second-order valence-electron chi connectivity index (χ2n) is 5.74. The van der Waals surface area contributed by atoms with Crippen molar-refractivity contribution in [2.75, 3.05) is 5.75 Å². The second-order valence-corrected chi connectivity index (χ2v) is 6.72. The minimum Gasteiger partial charge on any atom is -0.481 e. The van der Waals surface area contributed by atoms with E-state index in [0.717, 1.165) is 6.08 Å². The van der Waals surface area contributed by atoms with Gasteiger partial charge in [0, 0.05) is 23.1 Å². The molecule has 28 heavy (non-hydrogen) atoms. The number of hydrogen-bond acceptors (Lipinski definition) is 3. The molecule has 0 amide bonds. The summed E-state index contributed by atoms with van der Waals surface area (Å²) >= 11 is 1.18. The molecule has 2 aromatic rings. The number of hydrogen-bond donors (Lipinski definition) is 1. The van der Waals surface area contributed by atoms with Gasteiger partial charge in [-0.15, -0.1) is 11.8 Å². The highest BCUT2D eigenvalue weighted by molar-refractivity contribution is 7.99. The third-order valence-corrected chi connectivity index (χ3v) is 4.71. The molecule has 0 saturated heterocycles. The van der Waals surface area contributed by atoms with E-state index in [-0.39, 0.29) is 17.7 Å². The molecule has 0 spiro atoms. The summed E-state index contributed by atoms with van der Waals surface area (Å²) in [4.78, 5) is 15.2. The third kappa shape index (κ3) is 5.67. The summed E-state index contributed by atoms with van der Waals surface area (Å²) in [5.74, 6) is 5.04. The highest BCUT2D eigenvalue weighted by Crippen LogP contribution is 2.29. The average Bonchev–Trinajstić information content (AvgIpc) is 2.98. The van der Waals surface area contributed by atoms with Gasteiger partial charge in [0.05, 0.1) is 11.4 Å². The lowest BCUT2D eigenvalue weighted by atomic mass is 10.1. The van der Waals surface area contributed by atoms with Crippen LogP contribution in [0.25, 0.3) is 5.65 Å². The van der Waals surface area contributed by atoms with Crippen LogP contribution >= 0.6 is 11.8 Å². The Morgan fingerprint density at radius 2 is 2.14 bits per heavy atom. The van der Waals surface area contributed by atoms with Crippen molar-refractivity contribution in [2.24, 2.45) is 0 Å². The number of carboxylic acid groups (broad SMARTS) is 1. The molecule has 0 bridgehead atoms. The van der Waals surface area contributed by atoms with Crippen molar-refractivity contribution in [1.82, 2.24) is 9.38 Å². The maximum Gasteiger partial charge on any atom is 0.412 e. The Balaban J connectivity index is 2.42. The monoisotopic (exact) mass is 408 g/mol. The fraction of sp³-hybridized carbons (Fsp3) is 0.300. The first-order valence-corrected chi connectivity index (χ1v) is 9.63. The number of aromatic nitrogens is 2. The molecule has 0 atom stereocenters. The van der Waals surface area contributed by atoms with E-state index in [0.29, 0.717) is 22.8 Å². The van der Waals surface area contributed by atoms with Crippen molar-refractivity contribution in [2.45, 2.75) is 32.2 Å². The van der Waals surface area contributed by atoms with E-state index in [1.54, 1.807) is 29.7 Å². The van der Waals surface area contributed by atoms with Gasteiger partial charge in [-0.05, 0) is 37.5 Å². The van der Waals surface area contributed by atoms with Crippen molar-refractivity contribution in [3.8, 4) is 11.8 Å². The number of carbonyl (C=O) groups is 1. The molecule has 1 N–H and O–H groups in total. The Hall–Kier alpha value is -2.66. The standard InChI is InChI=1S/C20H19F3N2O2S/c1-3-14(11-15(4-2)20(21,22)23)8-9-17-16(12-28-13-19(26)27)24-18-7-5-6-10-25(17)18/h3,5-7,10-11H,4,12-13H2,1-2H3,(H,26,27)/b14-3-,15-11+. The summed E-state index contributed by atoms with van der Waals surface area (Å²) in [6, 6.07) is 5.39. The highest BCUT2D eigenvalue weighted by Gasteiger charge is 2.31. The van der Waals surface area contributed by atoms with Gasteiger partial charge in [0.1, 0.15) is 11.3 Å². The van der Waals surface area contributed by atoms with Crippen LogP contribution in [-0.2, 0) is 10.5 Å². The van der Waals surface area contributed by atoms with Crippen LogP contribution in [-0.4, -0.2) is 32.4 Å². The number of aliphatic carboxylic acids is 1. The zero-order chi connectivity index (χ0) is 20.7. The Bertz CT molecular complexity index is 979. The maximum absolute atomic E-state index is 13.0.